The van der Waals surface area contributed by atoms with Crippen molar-refractivity contribution in [2.45, 2.75) is 51.2 Å². The van der Waals surface area contributed by atoms with Gasteiger partial charge in [0.15, 0.2) is 5.76 Å². The zero-order valence-electron chi connectivity index (χ0n) is 21.0. The Hall–Kier alpha value is -3.20. The van der Waals surface area contributed by atoms with Crippen molar-refractivity contribution in [1.29, 1.82) is 0 Å². The summed E-state index contributed by atoms with van der Waals surface area (Å²) in [4.78, 5) is 27.9. The Morgan fingerprint density at radius 1 is 1.16 bits per heavy atom. The van der Waals surface area contributed by atoms with E-state index in [0.717, 1.165) is 61.4 Å². The molecular formula is C28H31ClN3O5+. The smallest absolute Gasteiger partial charge is 0.449 e. The van der Waals surface area contributed by atoms with Gasteiger partial charge in [0.25, 0.3) is 0 Å². The summed E-state index contributed by atoms with van der Waals surface area (Å²) in [5.74, 6) is 1.10. The minimum absolute atomic E-state index is 0.0164. The number of nitrogens with zero attached hydrogens (tertiary/aromatic N) is 3. The van der Waals surface area contributed by atoms with Crippen LogP contribution in [0, 0.1) is 6.92 Å². The number of aryl methyl sites for hydroxylation is 2. The summed E-state index contributed by atoms with van der Waals surface area (Å²) < 4.78 is 10.6. The first kappa shape index (κ1) is 25.4. The summed E-state index contributed by atoms with van der Waals surface area (Å²) >= 11 is 6.53. The molecule has 2 heterocycles. The van der Waals surface area contributed by atoms with Gasteiger partial charge in [0.2, 0.25) is 0 Å². The van der Waals surface area contributed by atoms with Gasteiger partial charge in [-0.15, -0.1) is 0 Å². The average molecular weight is 525 g/mol. The van der Waals surface area contributed by atoms with Crippen LogP contribution in [-0.2, 0) is 13.0 Å². The highest BCUT2D eigenvalue weighted by molar-refractivity contribution is 6.33. The number of piperidine rings is 1. The zero-order chi connectivity index (χ0) is 26.2. The van der Waals surface area contributed by atoms with E-state index in [1.54, 1.807) is 24.3 Å². The van der Waals surface area contributed by atoms with Crippen molar-refractivity contribution >= 4 is 23.7 Å². The number of quaternary nitrogens is 1. The molecule has 37 heavy (non-hydrogen) atoms. The van der Waals surface area contributed by atoms with Crippen LogP contribution in [0.1, 0.15) is 58.2 Å². The van der Waals surface area contributed by atoms with Gasteiger partial charge in [-0.3, -0.25) is 4.90 Å². The maximum Gasteiger partial charge on any atom is 0.511 e. The fourth-order valence-electron chi connectivity index (χ4n) is 6.06. The summed E-state index contributed by atoms with van der Waals surface area (Å²) in [6.07, 6.45) is 1.92. The van der Waals surface area contributed by atoms with E-state index in [0.29, 0.717) is 17.1 Å². The maximum atomic E-state index is 14.3. The molecule has 1 aliphatic heterocycles. The first-order valence-electron chi connectivity index (χ1n) is 12.6. The first-order chi connectivity index (χ1) is 17.8. The van der Waals surface area contributed by atoms with Crippen LogP contribution in [0.15, 0.2) is 53.1 Å². The van der Waals surface area contributed by atoms with Gasteiger partial charge in [-0.25, -0.2) is 14.1 Å². The molecule has 5 rings (SSSR count). The number of fused-ring (bicyclic) bond motifs is 1. The zero-order valence-corrected chi connectivity index (χ0v) is 21.8. The van der Waals surface area contributed by atoms with Crippen LogP contribution in [0.3, 0.4) is 0 Å². The molecule has 2 aromatic carbocycles. The van der Waals surface area contributed by atoms with E-state index in [9.17, 15) is 9.59 Å². The molecule has 8 nitrogen and oxygen atoms in total. The maximum absolute atomic E-state index is 14.3. The molecule has 194 valence electrons. The molecule has 1 fully saturated rings. The summed E-state index contributed by atoms with van der Waals surface area (Å²) in [6.45, 7) is 4.26. The number of amides is 1. The molecular weight excluding hydrogens is 494 g/mol. The number of carboxylic acid groups (broad SMARTS) is 1. The van der Waals surface area contributed by atoms with Gasteiger partial charge in [-0.05, 0) is 43.2 Å². The molecule has 1 aromatic heterocycles. The molecule has 1 aliphatic carbocycles. The third kappa shape index (κ3) is 5.01. The summed E-state index contributed by atoms with van der Waals surface area (Å²) in [7, 11) is 2.02. The normalized spacial score (nSPS) is 19.8. The van der Waals surface area contributed by atoms with Gasteiger partial charge < -0.3 is 14.4 Å². The molecule has 0 radical (unpaired) electrons. The lowest BCUT2D eigenvalue weighted by atomic mass is 9.93. The minimum atomic E-state index is -1.35. The first-order valence-corrected chi connectivity index (χ1v) is 13.0. The van der Waals surface area contributed by atoms with Gasteiger partial charge in [0, 0.05) is 44.0 Å². The van der Waals surface area contributed by atoms with Crippen LogP contribution in [-0.4, -0.2) is 57.9 Å². The van der Waals surface area contributed by atoms with Crippen molar-refractivity contribution in [3.63, 3.8) is 0 Å². The Balaban J connectivity index is 1.47. The number of likely N-dealkylation sites (tertiary alicyclic amines) is 1. The van der Waals surface area contributed by atoms with Crippen LogP contribution in [0.5, 0.6) is 5.75 Å². The number of benzene rings is 2. The highest BCUT2D eigenvalue weighted by Crippen LogP contribution is 2.45. The van der Waals surface area contributed by atoms with Crippen LogP contribution < -0.4 is 4.74 Å². The molecule has 0 saturated carbocycles. The van der Waals surface area contributed by atoms with E-state index >= 15 is 0 Å². The largest absolute Gasteiger partial charge is 0.511 e. The monoisotopic (exact) mass is 524 g/mol. The number of carbonyl (C=O) groups excluding carboxylic acids is 1. The standard InChI is InChI=1S/C28H30ClN3O5/c1-18-15-22(37-30-18)17-31-13-11-20(12-14-31)32(2,27(33)23-5-3-4-6-25(23)29)26-10-8-19-7-9-21(16-24(19)26)36-28(34)35/h3-7,9,15-16,20,26H,8,10-14,17H2,1-2H3/p+1/t26-,32?/m1/s1. The average Bonchev–Trinajstić information content (AvgIpc) is 3.49. The van der Waals surface area contributed by atoms with Gasteiger partial charge in [0.1, 0.15) is 11.8 Å². The molecule has 1 amide bonds. The fraction of sp³-hybridized carbons (Fsp3) is 0.393. The Labute approximate surface area is 221 Å². The van der Waals surface area contributed by atoms with E-state index in [-0.39, 0.29) is 28.2 Å². The Bertz CT molecular complexity index is 1320. The fourth-order valence-corrected chi connectivity index (χ4v) is 6.28. The number of hydrogen-bond donors (Lipinski definition) is 1. The third-order valence-electron chi connectivity index (χ3n) is 7.93. The number of halogens is 1. The van der Waals surface area contributed by atoms with E-state index in [1.807, 2.05) is 38.2 Å². The van der Waals surface area contributed by atoms with Gasteiger partial charge in [0.05, 0.1) is 35.9 Å². The second-order valence-corrected chi connectivity index (χ2v) is 10.6. The van der Waals surface area contributed by atoms with Crippen LogP contribution in [0.25, 0.3) is 0 Å². The Morgan fingerprint density at radius 2 is 1.92 bits per heavy atom. The highest BCUT2D eigenvalue weighted by atomic mass is 35.5. The molecule has 1 N–H and O–H groups in total. The van der Waals surface area contributed by atoms with Crippen molar-refractivity contribution in [3.05, 3.63) is 81.7 Å². The lowest BCUT2D eigenvalue weighted by molar-refractivity contribution is -0.887. The number of carbonyl (C=O) groups is 2. The van der Waals surface area contributed by atoms with Crippen molar-refractivity contribution in [2.24, 2.45) is 0 Å². The summed E-state index contributed by atoms with van der Waals surface area (Å²) in [5.41, 5.74) is 3.47. The van der Waals surface area contributed by atoms with Crippen LogP contribution in [0.2, 0.25) is 5.02 Å². The summed E-state index contributed by atoms with van der Waals surface area (Å²) in [5, 5.41) is 13.6. The van der Waals surface area contributed by atoms with Gasteiger partial charge in [-0.2, -0.15) is 0 Å². The summed E-state index contributed by atoms with van der Waals surface area (Å²) in [6, 6.07) is 14.5. The minimum Gasteiger partial charge on any atom is -0.449 e. The highest BCUT2D eigenvalue weighted by Gasteiger charge is 2.51. The second kappa shape index (κ2) is 10.3. The molecule has 0 bridgehead atoms. The predicted octanol–water partition coefficient (Wildman–Crippen LogP) is 5.63. The van der Waals surface area contributed by atoms with E-state index in [2.05, 4.69) is 10.1 Å². The lowest BCUT2D eigenvalue weighted by Gasteiger charge is -2.47. The SMILES string of the molecule is Cc1cc(CN2CCC([N+](C)(C(=O)c3ccccc3Cl)[C@@H]3CCc4ccc(OC(=O)O)cc43)CC2)on1. The molecule has 1 unspecified atom stereocenters. The van der Waals surface area contributed by atoms with Crippen molar-refractivity contribution < 1.29 is 28.4 Å². The number of aromatic nitrogens is 1. The predicted molar refractivity (Wildman–Crippen MR) is 138 cm³/mol. The van der Waals surface area contributed by atoms with E-state index in [4.69, 9.17) is 26.0 Å². The number of hydrogen-bond acceptors (Lipinski definition) is 6. The molecule has 1 saturated heterocycles. The topological polar surface area (TPSA) is 92.9 Å². The van der Waals surface area contributed by atoms with Gasteiger partial charge >= 0.3 is 12.1 Å². The lowest BCUT2D eigenvalue weighted by Crippen LogP contribution is -2.60. The van der Waals surface area contributed by atoms with Crippen molar-refractivity contribution in [1.82, 2.24) is 10.1 Å². The van der Waals surface area contributed by atoms with E-state index < -0.39 is 6.16 Å². The van der Waals surface area contributed by atoms with Crippen LogP contribution in [0.4, 0.5) is 4.79 Å². The van der Waals surface area contributed by atoms with E-state index in [1.165, 1.54) is 0 Å². The molecule has 2 atom stereocenters. The number of rotatable bonds is 6. The van der Waals surface area contributed by atoms with Crippen molar-refractivity contribution in [2.75, 3.05) is 20.1 Å². The van der Waals surface area contributed by atoms with Gasteiger partial charge in [-0.1, -0.05) is 35.0 Å². The molecule has 0 spiro atoms. The number of ether oxygens (including phenoxy) is 1. The Morgan fingerprint density at radius 3 is 2.59 bits per heavy atom. The molecule has 9 heteroatoms. The second-order valence-electron chi connectivity index (χ2n) is 10.2. The van der Waals surface area contributed by atoms with Crippen molar-refractivity contribution in [3.8, 4) is 5.75 Å². The molecule has 2 aliphatic rings. The molecule has 3 aromatic rings. The third-order valence-corrected chi connectivity index (χ3v) is 8.26. The Kier molecular flexibility index (Phi) is 7.07. The van der Waals surface area contributed by atoms with Crippen LogP contribution >= 0.6 is 11.6 Å². The quantitative estimate of drug-likeness (QED) is 0.253.